The molecule has 0 spiro atoms. The van der Waals surface area contributed by atoms with Gasteiger partial charge in [0.05, 0.1) is 15.1 Å². The molecule has 6 nitrogen and oxygen atoms in total. The number of nitrogens with zero attached hydrogens (tertiary/aromatic N) is 2. The average Bonchev–Trinajstić information content (AvgIpc) is 2.55. The average molecular weight is 336 g/mol. The fourth-order valence-corrected chi connectivity index (χ4v) is 3.36. The largest absolute Gasteiger partial charge is 1.00 e. The molecule has 2 aromatic carbocycles. The van der Waals surface area contributed by atoms with Crippen LogP contribution in [0.25, 0.3) is 10.8 Å². The Kier molecular flexibility index (Phi) is 5.48. The van der Waals surface area contributed by atoms with Crippen molar-refractivity contribution in [2.45, 2.75) is 9.79 Å². The van der Waals surface area contributed by atoms with Gasteiger partial charge in [-0.25, -0.2) is 18.8 Å². The molecule has 0 amide bonds. The Balaban J connectivity index is 0.00000192. The molecule has 3 aromatic rings. The number of pyridine rings is 1. The van der Waals surface area contributed by atoms with E-state index < -0.39 is 9.84 Å². The molecule has 110 valence electrons. The van der Waals surface area contributed by atoms with Crippen molar-refractivity contribution in [2.75, 3.05) is 5.43 Å². The summed E-state index contributed by atoms with van der Waals surface area (Å²) in [7, 11) is -3.66. The second-order valence-corrected chi connectivity index (χ2v) is 6.54. The maximum atomic E-state index is 12.6. The van der Waals surface area contributed by atoms with Crippen LogP contribution in [-0.4, -0.2) is 13.4 Å². The first-order chi connectivity index (χ1) is 10.6. The normalized spacial score (nSPS) is 10.8. The van der Waals surface area contributed by atoms with Crippen molar-refractivity contribution >= 4 is 26.4 Å². The molecule has 8 heteroatoms. The van der Waals surface area contributed by atoms with Gasteiger partial charge in [0.15, 0.2) is 0 Å². The van der Waals surface area contributed by atoms with Gasteiger partial charge in [0.1, 0.15) is 5.82 Å². The van der Waals surface area contributed by atoms with E-state index in [2.05, 4.69) is 15.7 Å². The van der Waals surface area contributed by atoms with Gasteiger partial charge in [-0.1, -0.05) is 30.3 Å². The van der Waals surface area contributed by atoms with Crippen LogP contribution in [0.4, 0.5) is 5.82 Å². The van der Waals surface area contributed by atoms with Crippen molar-refractivity contribution in [3.63, 3.8) is 0 Å². The van der Waals surface area contributed by atoms with Crippen molar-refractivity contribution in [3.05, 3.63) is 65.7 Å². The van der Waals surface area contributed by atoms with Crippen molar-refractivity contribution in [1.29, 1.82) is 0 Å². The number of rotatable bonds is 4. The van der Waals surface area contributed by atoms with Crippen LogP contribution in [0.3, 0.4) is 0 Å². The molecule has 0 aliphatic rings. The SMILES string of the molecule is O=NNc1ccc(S(=O)(=O)c2ccc3ccccc3c2)cn1.[Na+]. The number of nitrogens with one attached hydrogen (secondary N) is 1. The second-order valence-electron chi connectivity index (χ2n) is 4.59. The van der Waals surface area contributed by atoms with E-state index in [9.17, 15) is 13.3 Å². The van der Waals surface area contributed by atoms with Crippen molar-refractivity contribution in [3.8, 4) is 0 Å². The zero-order chi connectivity index (χ0) is 15.6. The predicted molar refractivity (Wildman–Crippen MR) is 83.1 cm³/mol. The number of hydrogen-bond acceptors (Lipinski definition) is 5. The van der Waals surface area contributed by atoms with Crippen LogP contribution in [0.15, 0.2) is 75.9 Å². The minimum atomic E-state index is -3.66. The van der Waals surface area contributed by atoms with Crippen molar-refractivity contribution < 1.29 is 38.0 Å². The molecule has 1 aromatic heterocycles. The van der Waals surface area contributed by atoms with E-state index in [1.54, 1.807) is 18.2 Å². The number of nitroso groups, excluding NO2 is 1. The van der Waals surface area contributed by atoms with Gasteiger partial charge in [-0.05, 0) is 35.0 Å². The number of benzene rings is 2. The molecule has 1 heterocycles. The molecule has 0 aliphatic carbocycles. The monoisotopic (exact) mass is 336 g/mol. The van der Waals surface area contributed by atoms with Gasteiger partial charge in [-0.3, -0.25) is 0 Å². The minimum Gasteiger partial charge on any atom is -0.236 e. The summed E-state index contributed by atoms with van der Waals surface area (Å²) in [4.78, 5) is 14.2. The van der Waals surface area contributed by atoms with Crippen LogP contribution in [-0.2, 0) is 9.84 Å². The third-order valence-corrected chi connectivity index (χ3v) is 4.97. The summed E-state index contributed by atoms with van der Waals surface area (Å²) in [6.07, 6.45) is 1.19. The van der Waals surface area contributed by atoms with E-state index >= 15 is 0 Å². The first-order valence-corrected chi connectivity index (χ1v) is 7.88. The molecule has 0 bridgehead atoms. The maximum absolute atomic E-state index is 12.6. The maximum Gasteiger partial charge on any atom is 1.00 e. The third-order valence-electron chi connectivity index (χ3n) is 3.24. The topological polar surface area (TPSA) is 88.5 Å². The first-order valence-electron chi connectivity index (χ1n) is 6.39. The molecular formula is C15H11N3NaO3S+. The second kappa shape index (κ2) is 7.18. The minimum absolute atomic E-state index is 0. The molecule has 0 radical (unpaired) electrons. The Morgan fingerprint density at radius 2 is 1.61 bits per heavy atom. The van der Waals surface area contributed by atoms with Gasteiger partial charge >= 0.3 is 29.6 Å². The van der Waals surface area contributed by atoms with Crippen LogP contribution < -0.4 is 35.0 Å². The Bertz CT molecular complexity index is 944. The third kappa shape index (κ3) is 3.59. The van der Waals surface area contributed by atoms with Crippen LogP contribution >= 0.6 is 0 Å². The smallest absolute Gasteiger partial charge is 0.236 e. The number of aromatic nitrogens is 1. The van der Waals surface area contributed by atoms with Gasteiger partial charge < -0.3 is 0 Å². The zero-order valence-electron chi connectivity index (χ0n) is 12.3. The molecular weight excluding hydrogens is 325 g/mol. The standard InChI is InChI=1S/C15H11N3O3S.Na/c19-18-17-15-8-7-14(10-16-15)22(20,21)13-6-5-11-3-1-2-4-12(11)9-13;/h1-10H,(H,16,17,19);/q;+1. The summed E-state index contributed by atoms with van der Waals surface area (Å²) in [6.45, 7) is 0. The van der Waals surface area contributed by atoms with Crippen molar-refractivity contribution in [2.24, 2.45) is 5.29 Å². The van der Waals surface area contributed by atoms with Gasteiger partial charge in [0.2, 0.25) is 9.84 Å². The summed E-state index contributed by atoms with van der Waals surface area (Å²) in [5.41, 5.74) is 2.11. The van der Waals surface area contributed by atoms with E-state index in [0.29, 0.717) is 0 Å². The number of anilines is 1. The van der Waals surface area contributed by atoms with Crippen LogP contribution in [0, 0.1) is 4.91 Å². The molecule has 3 rings (SSSR count). The van der Waals surface area contributed by atoms with Gasteiger partial charge in [-0.2, -0.15) is 0 Å². The van der Waals surface area contributed by atoms with Crippen molar-refractivity contribution in [1.82, 2.24) is 4.98 Å². The Morgan fingerprint density at radius 3 is 2.26 bits per heavy atom. The zero-order valence-corrected chi connectivity index (χ0v) is 15.1. The van der Waals surface area contributed by atoms with Gasteiger partial charge in [-0.15, -0.1) is 4.91 Å². The van der Waals surface area contributed by atoms with E-state index in [0.717, 1.165) is 10.8 Å². The van der Waals surface area contributed by atoms with E-state index in [-0.39, 0.29) is 45.2 Å². The summed E-state index contributed by atoms with van der Waals surface area (Å²) in [5, 5.41) is 4.29. The number of sulfone groups is 1. The molecule has 1 N–H and O–H groups in total. The summed E-state index contributed by atoms with van der Waals surface area (Å²) in [5.74, 6) is 0.187. The van der Waals surface area contributed by atoms with E-state index in [4.69, 9.17) is 0 Å². The summed E-state index contributed by atoms with van der Waals surface area (Å²) in [6, 6.07) is 15.2. The number of hydrogen-bond donors (Lipinski definition) is 1. The van der Waals surface area contributed by atoms with Crippen LogP contribution in [0.2, 0.25) is 0 Å². The van der Waals surface area contributed by atoms with E-state index in [1.807, 2.05) is 24.3 Å². The Labute approximate surface area is 155 Å². The number of fused-ring (bicyclic) bond motifs is 1. The molecule has 0 atom stereocenters. The summed E-state index contributed by atoms with van der Waals surface area (Å²) >= 11 is 0. The molecule has 0 unspecified atom stereocenters. The quantitative estimate of drug-likeness (QED) is 0.417. The summed E-state index contributed by atoms with van der Waals surface area (Å²) < 4.78 is 25.2. The molecule has 0 saturated heterocycles. The molecule has 23 heavy (non-hydrogen) atoms. The van der Waals surface area contributed by atoms with E-state index in [1.165, 1.54) is 18.3 Å². The molecule has 0 saturated carbocycles. The first kappa shape index (κ1) is 17.6. The Morgan fingerprint density at radius 1 is 0.913 bits per heavy atom. The molecule has 0 fully saturated rings. The molecule has 0 aliphatic heterocycles. The predicted octanol–water partition coefficient (Wildman–Crippen LogP) is 0.165. The van der Waals surface area contributed by atoms with Crippen LogP contribution in [0.1, 0.15) is 0 Å². The Hall–Kier alpha value is -1.80. The van der Waals surface area contributed by atoms with Crippen LogP contribution in [0.5, 0.6) is 0 Å². The van der Waals surface area contributed by atoms with Gasteiger partial charge in [0.25, 0.3) is 0 Å². The fraction of sp³-hybridized carbons (Fsp3) is 0. The fourth-order valence-electron chi connectivity index (χ4n) is 2.12. The van der Waals surface area contributed by atoms with Gasteiger partial charge in [0, 0.05) is 6.20 Å².